The van der Waals surface area contributed by atoms with Crippen molar-refractivity contribution >= 4 is 38.9 Å². The highest BCUT2D eigenvalue weighted by molar-refractivity contribution is 9.10. The number of aromatic carboxylic acids is 1. The molecule has 106 valence electrons. The Labute approximate surface area is 124 Å². The molecule has 0 spiro atoms. The number of carboxylic acids is 1. The molecule has 0 radical (unpaired) electrons. The number of nitrogen functional groups attached to an aromatic ring is 1. The van der Waals surface area contributed by atoms with Crippen molar-refractivity contribution in [3.8, 4) is 10.4 Å². The van der Waals surface area contributed by atoms with Crippen LogP contribution in [0.25, 0.3) is 10.4 Å². The molecule has 3 N–H and O–H groups in total. The summed E-state index contributed by atoms with van der Waals surface area (Å²) in [5.41, 5.74) is 5.02. The van der Waals surface area contributed by atoms with Gasteiger partial charge in [-0.15, -0.1) is 11.3 Å². The van der Waals surface area contributed by atoms with Crippen molar-refractivity contribution < 1.29 is 23.1 Å². The summed E-state index contributed by atoms with van der Waals surface area (Å²) in [6.45, 7) is 0. The quantitative estimate of drug-likeness (QED) is 0.824. The highest BCUT2D eigenvalue weighted by Gasteiger charge is 2.33. The first-order valence-corrected chi connectivity index (χ1v) is 6.81. The molecule has 20 heavy (non-hydrogen) atoms. The standard InChI is InChI=1S/C12H7BrF3NO2S/c13-7-2-1-5(3-6(7)12(14,15)16)9-4-8(17)10(20-9)11(18)19/h1-4H,17H2,(H,18,19). The smallest absolute Gasteiger partial charge is 0.417 e. The number of hydrogen-bond donors (Lipinski definition) is 2. The molecular weight excluding hydrogens is 359 g/mol. The maximum absolute atomic E-state index is 12.8. The number of alkyl halides is 3. The summed E-state index contributed by atoms with van der Waals surface area (Å²) in [5, 5.41) is 8.90. The van der Waals surface area contributed by atoms with Crippen LogP contribution in [-0.4, -0.2) is 11.1 Å². The number of halogens is 4. The van der Waals surface area contributed by atoms with E-state index in [1.807, 2.05) is 0 Å². The fourth-order valence-corrected chi connectivity index (χ4v) is 3.00. The second-order valence-corrected chi connectivity index (χ2v) is 5.80. The van der Waals surface area contributed by atoms with Crippen LogP contribution in [0.3, 0.4) is 0 Å². The van der Waals surface area contributed by atoms with Gasteiger partial charge in [-0.05, 0) is 23.8 Å². The topological polar surface area (TPSA) is 63.3 Å². The van der Waals surface area contributed by atoms with Crippen LogP contribution in [0.15, 0.2) is 28.7 Å². The number of nitrogens with two attached hydrogens (primary N) is 1. The van der Waals surface area contributed by atoms with E-state index >= 15 is 0 Å². The second-order valence-electron chi connectivity index (χ2n) is 3.89. The number of anilines is 1. The predicted octanol–water partition coefficient (Wildman–Crippen LogP) is 4.48. The maximum Gasteiger partial charge on any atom is 0.417 e. The third-order valence-corrected chi connectivity index (χ3v) is 4.39. The number of carbonyl (C=O) groups is 1. The lowest BCUT2D eigenvalue weighted by Crippen LogP contribution is -2.05. The molecule has 3 nitrogen and oxygen atoms in total. The van der Waals surface area contributed by atoms with Crippen molar-refractivity contribution in [2.75, 3.05) is 5.73 Å². The van der Waals surface area contributed by atoms with Gasteiger partial charge >= 0.3 is 12.1 Å². The van der Waals surface area contributed by atoms with E-state index in [0.29, 0.717) is 4.88 Å². The van der Waals surface area contributed by atoms with Crippen LogP contribution < -0.4 is 5.73 Å². The van der Waals surface area contributed by atoms with E-state index in [-0.39, 0.29) is 20.6 Å². The molecule has 0 bridgehead atoms. The zero-order chi connectivity index (χ0) is 15.1. The molecule has 0 fully saturated rings. The molecule has 0 aliphatic rings. The van der Waals surface area contributed by atoms with Gasteiger partial charge in [0.05, 0.1) is 11.3 Å². The van der Waals surface area contributed by atoms with Crippen molar-refractivity contribution in [3.05, 3.63) is 39.2 Å². The fraction of sp³-hybridized carbons (Fsp3) is 0.0833. The molecule has 2 rings (SSSR count). The van der Waals surface area contributed by atoms with Crippen molar-refractivity contribution in [2.24, 2.45) is 0 Å². The number of carboxylic acid groups (broad SMARTS) is 1. The molecule has 0 aliphatic heterocycles. The maximum atomic E-state index is 12.8. The van der Waals surface area contributed by atoms with Gasteiger partial charge in [-0.3, -0.25) is 0 Å². The molecule has 2 aromatic rings. The van der Waals surface area contributed by atoms with Crippen LogP contribution in [0.1, 0.15) is 15.2 Å². The highest BCUT2D eigenvalue weighted by atomic mass is 79.9. The Bertz CT molecular complexity index is 682. The van der Waals surface area contributed by atoms with Crippen LogP contribution in [-0.2, 0) is 6.18 Å². The van der Waals surface area contributed by atoms with E-state index in [2.05, 4.69) is 15.9 Å². The molecule has 1 heterocycles. The zero-order valence-corrected chi connectivity index (χ0v) is 12.1. The monoisotopic (exact) mass is 365 g/mol. The second kappa shape index (κ2) is 5.10. The fourth-order valence-electron chi connectivity index (χ4n) is 1.61. The highest BCUT2D eigenvalue weighted by Crippen LogP contribution is 2.39. The van der Waals surface area contributed by atoms with Gasteiger partial charge in [-0.25, -0.2) is 4.79 Å². The molecular formula is C12H7BrF3NO2S. The molecule has 0 saturated carbocycles. The lowest BCUT2D eigenvalue weighted by atomic mass is 10.1. The van der Waals surface area contributed by atoms with Crippen LogP contribution in [0.2, 0.25) is 0 Å². The number of thiophene rings is 1. The Morgan fingerprint density at radius 3 is 2.45 bits per heavy atom. The Morgan fingerprint density at radius 2 is 1.95 bits per heavy atom. The van der Waals surface area contributed by atoms with Crippen molar-refractivity contribution in [2.45, 2.75) is 6.18 Å². The first-order chi connectivity index (χ1) is 9.20. The zero-order valence-electron chi connectivity index (χ0n) is 9.66. The van der Waals surface area contributed by atoms with E-state index < -0.39 is 17.7 Å². The molecule has 0 atom stereocenters. The summed E-state index contributed by atoms with van der Waals surface area (Å²) in [6, 6.07) is 5.06. The summed E-state index contributed by atoms with van der Waals surface area (Å²) < 4.78 is 38.4. The van der Waals surface area contributed by atoms with Gasteiger partial charge in [0.2, 0.25) is 0 Å². The average Bonchev–Trinajstić information content (AvgIpc) is 2.70. The Morgan fingerprint density at radius 1 is 1.30 bits per heavy atom. The van der Waals surface area contributed by atoms with E-state index in [1.165, 1.54) is 18.2 Å². The minimum absolute atomic E-state index is 0.0361. The van der Waals surface area contributed by atoms with Gasteiger partial charge < -0.3 is 10.8 Å². The Kier molecular flexibility index (Phi) is 3.79. The summed E-state index contributed by atoms with van der Waals surface area (Å²) in [7, 11) is 0. The number of benzene rings is 1. The van der Waals surface area contributed by atoms with Gasteiger partial charge in [0, 0.05) is 9.35 Å². The molecule has 0 unspecified atom stereocenters. The van der Waals surface area contributed by atoms with E-state index in [4.69, 9.17) is 10.8 Å². The van der Waals surface area contributed by atoms with Gasteiger partial charge in [-0.1, -0.05) is 22.0 Å². The van der Waals surface area contributed by atoms with Gasteiger partial charge in [0.1, 0.15) is 4.88 Å². The summed E-state index contributed by atoms with van der Waals surface area (Å²) >= 11 is 3.68. The molecule has 0 amide bonds. The lowest BCUT2D eigenvalue weighted by molar-refractivity contribution is -0.138. The SMILES string of the molecule is Nc1cc(-c2ccc(Br)c(C(F)(F)F)c2)sc1C(=O)O. The van der Waals surface area contributed by atoms with Gasteiger partial charge in [0.25, 0.3) is 0 Å². The predicted molar refractivity (Wildman–Crippen MR) is 73.8 cm³/mol. The van der Waals surface area contributed by atoms with Crippen molar-refractivity contribution in [3.63, 3.8) is 0 Å². The normalized spacial score (nSPS) is 11.6. The minimum Gasteiger partial charge on any atom is -0.477 e. The van der Waals surface area contributed by atoms with Gasteiger partial charge in [0.15, 0.2) is 0 Å². The summed E-state index contributed by atoms with van der Waals surface area (Å²) in [5.74, 6) is -1.20. The Hall–Kier alpha value is -1.54. The third kappa shape index (κ3) is 2.80. The number of rotatable bonds is 2. The molecule has 0 aliphatic carbocycles. The minimum atomic E-state index is -4.49. The first kappa shape index (κ1) is 14.9. The molecule has 1 aromatic carbocycles. The van der Waals surface area contributed by atoms with Crippen LogP contribution in [0.4, 0.5) is 18.9 Å². The summed E-state index contributed by atoms with van der Waals surface area (Å²) in [6.07, 6.45) is -4.49. The largest absolute Gasteiger partial charge is 0.477 e. The van der Waals surface area contributed by atoms with E-state index in [1.54, 1.807) is 0 Å². The van der Waals surface area contributed by atoms with Crippen LogP contribution in [0.5, 0.6) is 0 Å². The summed E-state index contributed by atoms with van der Waals surface area (Å²) in [4.78, 5) is 11.2. The average molecular weight is 366 g/mol. The van der Waals surface area contributed by atoms with E-state index in [0.717, 1.165) is 17.4 Å². The van der Waals surface area contributed by atoms with Gasteiger partial charge in [-0.2, -0.15) is 13.2 Å². The lowest BCUT2D eigenvalue weighted by Gasteiger charge is -2.10. The molecule has 8 heteroatoms. The van der Waals surface area contributed by atoms with Crippen molar-refractivity contribution in [1.82, 2.24) is 0 Å². The van der Waals surface area contributed by atoms with Crippen LogP contribution in [0, 0.1) is 0 Å². The first-order valence-electron chi connectivity index (χ1n) is 5.20. The third-order valence-electron chi connectivity index (χ3n) is 2.51. The van der Waals surface area contributed by atoms with Crippen LogP contribution >= 0.6 is 27.3 Å². The van der Waals surface area contributed by atoms with Crippen molar-refractivity contribution in [1.29, 1.82) is 0 Å². The molecule has 0 saturated heterocycles. The van der Waals surface area contributed by atoms with E-state index in [9.17, 15) is 18.0 Å². The molecule has 1 aromatic heterocycles. The number of hydrogen-bond acceptors (Lipinski definition) is 3. The Balaban J connectivity index is 2.54.